The Labute approximate surface area is 191 Å². The lowest BCUT2D eigenvalue weighted by atomic mass is 10.1. The summed E-state index contributed by atoms with van der Waals surface area (Å²) in [6.45, 7) is 7.06. The number of hydrogen-bond donors (Lipinski definition) is 2. The lowest BCUT2D eigenvalue weighted by Crippen LogP contribution is -2.38. The number of guanidine groups is 1. The molecule has 7 nitrogen and oxygen atoms in total. The molecule has 29 heavy (non-hydrogen) atoms. The minimum Gasteiger partial charge on any atom is -0.466 e. The third-order valence-corrected chi connectivity index (χ3v) is 4.35. The van der Waals surface area contributed by atoms with Gasteiger partial charge in [0.25, 0.3) is 0 Å². The van der Waals surface area contributed by atoms with Gasteiger partial charge in [0, 0.05) is 26.1 Å². The van der Waals surface area contributed by atoms with Crippen molar-refractivity contribution in [1.29, 1.82) is 0 Å². The summed E-state index contributed by atoms with van der Waals surface area (Å²) in [5.74, 6) is 2.38. The first-order chi connectivity index (χ1) is 13.7. The van der Waals surface area contributed by atoms with Gasteiger partial charge in [0.2, 0.25) is 6.79 Å². The van der Waals surface area contributed by atoms with Gasteiger partial charge in [-0.25, -0.2) is 0 Å². The summed E-state index contributed by atoms with van der Waals surface area (Å²) >= 11 is 0. The third kappa shape index (κ3) is 10.0. The van der Waals surface area contributed by atoms with Crippen molar-refractivity contribution in [3.63, 3.8) is 0 Å². The maximum atomic E-state index is 11.3. The number of ether oxygens (including phenoxy) is 3. The number of rotatable bonds is 12. The van der Waals surface area contributed by atoms with Crippen LogP contribution in [-0.4, -0.2) is 45.0 Å². The van der Waals surface area contributed by atoms with Crippen molar-refractivity contribution >= 4 is 35.9 Å². The molecule has 1 aliphatic rings. The molecule has 0 fully saturated rings. The number of benzene rings is 1. The smallest absolute Gasteiger partial charge is 0.305 e. The van der Waals surface area contributed by atoms with E-state index in [0.717, 1.165) is 69.2 Å². The Balaban J connectivity index is 0.00000420. The molecule has 2 N–H and O–H groups in total. The zero-order valence-corrected chi connectivity index (χ0v) is 19.8. The molecule has 0 bridgehead atoms. The van der Waals surface area contributed by atoms with Gasteiger partial charge in [0.05, 0.1) is 6.61 Å². The van der Waals surface area contributed by atoms with Gasteiger partial charge in [0.15, 0.2) is 17.5 Å². The molecule has 0 saturated heterocycles. The van der Waals surface area contributed by atoms with E-state index in [1.807, 2.05) is 19.1 Å². The lowest BCUT2D eigenvalue weighted by molar-refractivity contribution is -0.143. The van der Waals surface area contributed by atoms with Gasteiger partial charge in [-0.1, -0.05) is 18.9 Å². The van der Waals surface area contributed by atoms with Crippen molar-refractivity contribution in [3.05, 3.63) is 23.8 Å². The number of halogens is 1. The molecule has 0 atom stereocenters. The number of carbonyl (C=O) groups excluding carboxylic acids is 1. The van der Waals surface area contributed by atoms with E-state index in [0.29, 0.717) is 19.8 Å². The van der Waals surface area contributed by atoms with Crippen LogP contribution >= 0.6 is 24.0 Å². The zero-order valence-electron chi connectivity index (χ0n) is 17.5. The van der Waals surface area contributed by atoms with Gasteiger partial charge in [-0.3, -0.25) is 9.79 Å². The Morgan fingerprint density at radius 2 is 1.90 bits per heavy atom. The van der Waals surface area contributed by atoms with Crippen LogP contribution in [0.2, 0.25) is 0 Å². The van der Waals surface area contributed by atoms with E-state index in [1.165, 1.54) is 5.56 Å². The van der Waals surface area contributed by atoms with E-state index in [2.05, 4.69) is 28.6 Å². The van der Waals surface area contributed by atoms with E-state index < -0.39 is 0 Å². The number of unbranched alkanes of at least 4 members (excludes halogenated alkanes) is 3. The molecule has 1 aromatic carbocycles. The average Bonchev–Trinajstić information content (AvgIpc) is 3.15. The summed E-state index contributed by atoms with van der Waals surface area (Å²) in [7, 11) is 0. The van der Waals surface area contributed by atoms with Crippen molar-refractivity contribution in [2.45, 2.75) is 52.4 Å². The zero-order chi connectivity index (χ0) is 20.0. The topological polar surface area (TPSA) is 81.2 Å². The molecular weight excluding hydrogens is 485 g/mol. The number of hydrogen-bond acceptors (Lipinski definition) is 5. The van der Waals surface area contributed by atoms with Gasteiger partial charge in [-0.05, 0) is 50.8 Å². The van der Waals surface area contributed by atoms with Gasteiger partial charge >= 0.3 is 5.97 Å². The van der Waals surface area contributed by atoms with Crippen LogP contribution in [0.1, 0.15) is 51.5 Å². The highest BCUT2D eigenvalue weighted by Gasteiger charge is 2.12. The molecule has 0 amide bonds. The molecule has 2 rings (SSSR count). The second-order valence-electron chi connectivity index (χ2n) is 6.59. The first kappa shape index (κ1) is 25.3. The summed E-state index contributed by atoms with van der Waals surface area (Å²) in [6, 6.07) is 6.05. The number of esters is 1. The number of nitrogens with one attached hydrogen (secondary N) is 2. The van der Waals surface area contributed by atoms with Crippen LogP contribution in [-0.2, 0) is 16.0 Å². The van der Waals surface area contributed by atoms with E-state index >= 15 is 0 Å². The first-order valence-electron chi connectivity index (χ1n) is 10.3. The normalized spacial score (nSPS) is 12.3. The number of aliphatic imine (C=N–C) groups is 1. The summed E-state index contributed by atoms with van der Waals surface area (Å²) in [5.41, 5.74) is 1.20. The molecule has 0 spiro atoms. The molecule has 0 aromatic heterocycles. The molecule has 0 aliphatic carbocycles. The quantitative estimate of drug-likeness (QED) is 0.144. The predicted octanol–water partition coefficient (Wildman–Crippen LogP) is 3.64. The Kier molecular flexibility index (Phi) is 13.3. The van der Waals surface area contributed by atoms with Crippen LogP contribution in [0, 0.1) is 0 Å². The summed E-state index contributed by atoms with van der Waals surface area (Å²) < 4.78 is 15.7. The van der Waals surface area contributed by atoms with E-state index in [-0.39, 0.29) is 29.9 Å². The Hall–Kier alpha value is -1.71. The van der Waals surface area contributed by atoms with Crippen LogP contribution < -0.4 is 20.1 Å². The number of fused-ring (bicyclic) bond motifs is 1. The van der Waals surface area contributed by atoms with Crippen molar-refractivity contribution in [2.24, 2.45) is 4.99 Å². The van der Waals surface area contributed by atoms with Gasteiger partial charge in [0.1, 0.15) is 0 Å². The minimum atomic E-state index is -0.0957. The van der Waals surface area contributed by atoms with E-state index in [4.69, 9.17) is 14.2 Å². The summed E-state index contributed by atoms with van der Waals surface area (Å²) in [6.07, 6.45) is 5.40. The molecule has 8 heteroatoms. The second kappa shape index (κ2) is 15.2. The van der Waals surface area contributed by atoms with Crippen LogP contribution in [0.5, 0.6) is 11.5 Å². The van der Waals surface area contributed by atoms with E-state index in [9.17, 15) is 4.79 Å². The maximum absolute atomic E-state index is 11.3. The van der Waals surface area contributed by atoms with Crippen molar-refractivity contribution in [3.8, 4) is 11.5 Å². The first-order valence-corrected chi connectivity index (χ1v) is 10.3. The van der Waals surface area contributed by atoms with Gasteiger partial charge < -0.3 is 24.8 Å². The molecule has 0 saturated carbocycles. The Morgan fingerprint density at radius 3 is 2.69 bits per heavy atom. The van der Waals surface area contributed by atoms with Gasteiger partial charge in [-0.2, -0.15) is 0 Å². The van der Waals surface area contributed by atoms with Crippen molar-refractivity contribution < 1.29 is 19.0 Å². The summed E-state index contributed by atoms with van der Waals surface area (Å²) in [4.78, 5) is 15.9. The molecule has 1 aromatic rings. The van der Waals surface area contributed by atoms with Crippen molar-refractivity contribution in [1.82, 2.24) is 10.6 Å². The largest absolute Gasteiger partial charge is 0.466 e. The fourth-order valence-corrected chi connectivity index (χ4v) is 2.92. The fraction of sp³-hybridized carbons (Fsp3) is 0.619. The Morgan fingerprint density at radius 1 is 1.10 bits per heavy atom. The molecule has 0 radical (unpaired) electrons. The lowest BCUT2D eigenvalue weighted by Gasteiger charge is -2.11. The standard InChI is InChI=1S/C21H33N3O4.HI/c1-3-22-21(23-13-8-6-5-7-9-20(25)26-4-2)24-14-12-17-10-11-18-19(15-17)28-16-27-18;/h10-11,15H,3-9,12-14,16H2,1-2H3,(H2,22,23,24);1H. The average molecular weight is 519 g/mol. The van der Waals surface area contributed by atoms with Crippen LogP contribution in [0.4, 0.5) is 0 Å². The third-order valence-electron chi connectivity index (χ3n) is 4.35. The minimum absolute atomic E-state index is 0. The molecule has 1 aliphatic heterocycles. The highest BCUT2D eigenvalue weighted by molar-refractivity contribution is 14.0. The highest BCUT2D eigenvalue weighted by Crippen LogP contribution is 2.32. The van der Waals surface area contributed by atoms with Crippen LogP contribution in [0.15, 0.2) is 23.2 Å². The van der Waals surface area contributed by atoms with Crippen LogP contribution in [0.3, 0.4) is 0 Å². The number of nitrogens with zero attached hydrogens (tertiary/aromatic N) is 1. The maximum Gasteiger partial charge on any atom is 0.305 e. The highest BCUT2D eigenvalue weighted by atomic mass is 127. The molecule has 1 heterocycles. The monoisotopic (exact) mass is 519 g/mol. The summed E-state index contributed by atoms with van der Waals surface area (Å²) in [5, 5.41) is 6.65. The number of carbonyl (C=O) groups is 1. The van der Waals surface area contributed by atoms with Gasteiger partial charge in [-0.15, -0.1) is 24.0 Å². The van der Waals surface area contributed by atoms with E-state index in [1.54, 1.807) is 0 Å². The van der Waals surface area contributed by atoms with Crippen LogP contribution in [0.25, 0.3) is 0 Å². The Bertz CT molecular complexity index is 640. The SMILES string of the molecule is CCNC(=NCCCCCCC(=O)OCC)NCCc1ccc2c(c1)OCO2.I. The fourth-order valence-electron chi connectivity index (χ4n) is 2.92. The second-order valence-corrected chi connectivity index (χ2v) is 6.59. The molecule has 164 valence electrons. The predicted molar refractivity (Wildman–Crippen MR) is 125 cm³/mol. The van der Waals surface area contributed by atoms with Crippen molar-refractivity contribution in [2.75, 3.05) is 33.0 Å². The molecular formula is C21H34IN3O4. The molecule has 0 unspecified atom stereocenters.